The highest BCUT2D eigenvalue weighted by Gasteiger charge is 2.44. The fourth-order valence-corrected chi connectivity index (χ4v) is 3.28. The van der Waals surface area contributed by atoms with E-state index in [-0.39, 0.29) is 11.8 Å². The molecule has 2 aromatic carbocycles. The molecule has 0 aromatic heterocycles. The zero-order valence-corrected chi connectivity index (χ0v) is 14.1. The van der Waals surface area contributed by atoms with E-state index in [4.69, 9.17) is 0 Å². The van der Waals surface area contributed by atoms with Crippen molar-refractivity contribution in [1.29, 1.82) is 0 Å². The first kappa shape index (κ1) is 16.2. The van der Waals surface area contributed by atoms with Crippen LogP contribution >= 0.6 is 0 Å². The van der Waals surface area contributed by atoms with Crippen LogP contribution in [0.15, 0.2) is 48.5 Å². The van der Waals surface area contributed by atoms with Crippen LogP contribution in [0, 0.1) is 6.92 Å². The summed E-state index contributed by atoms with van der Waals surface area (Å²) in [4.78, 5) is 24.5. The van der Waals surface area contributed by atoms with E-state index >= 15 is 0 Å². The number of amides is 2. The second-order valence-corrected chi connectivity index (χ2v) is 6.42. The third-order valence-electron chi connectivity index (χ3n) is 4.84. The summed E-state index contributed by atoms with van der Waals surface area (Å²) >= 11 is 0. The van der Waals surface area contributed by atoms with Gasteiger partial charge >= 0.3 is 0 Å². The minimum atomic E-state index is -0.395. The van der Waals surface area contributed by atoms with E-state index in [9.17, 15) is 9.59 Å². The Hall–Kier alpha value is -2.62. The SMILES string of the molecule is CNC(=O)C1(c2ccc(NC(=O)c3cccc(C)c3)cc2)CCC1. The Kier molecular flexibility index (Phi) is 4.38. The van der Waals surface area contributed by atoms with Crippen molar-refractivity contribution in [2.45, 2.75) is 31.6 Å². The Bertz CT molecular complexity index is 761. The Morgan fingerprint density at radius 2 is 1.75 bits per heavy atom. The number of nitrogens with one attached hydrogen (secondary N) is 2. The summed E-state index contributed by atoms with van der Waals surface area (Å²) < 4.78 is 0. The number of anilines is 1. The Labute approximate surface area is 142 Å². The summed E-state index contributed by atoms with van der Waals surface area (Å²) in [5.41, 5.74) is 3.04. The van der Waals surface area contributed by atoms with Crippen LogP contribution in [0.5, 0.6) is 0 Å². The van der Waals surface area contributed by atoms with Crippen molar-refractivity contribution in [2.24, 2.45) is 0 Å². The molecule has 1 fully saturated rings. The van der Waals surface area contributed by atoms with E-state index in [2.05, 4.69) is 10.6 Å². The zero-order chi connectivity index (χ0) is 17.2. The quantitative estimate of drug-likeness (QED) is 0.906. The molecule has 0 saturated heterocycles. The van der Waals surface area contributed by atoms with Crippen LogP contribution < -0.4 is 10.6 Å². The number of hydrogen-bond donors (Lipinski definition) is 2. The summed E-state index contributed by atoms with van der Waals surface area (Å²) in [6, 6.07) is 15.1. The Morgan fingerprint density at radius 1 is 1.04 bits per heavy atom. The molecule has 2 aromatic rings. The summed E-state index contributed by atoms with van der Waals surface area (Å²) in [5, 5.41) is 5.67. The van der Waals surface area contributed by atoms with Gasteiger partial charge in [-0.25, -0.2) is 0 Å². The average molecular weight is 322 g/mol. The van der Waals surface area contributed by atoms with Crippen LogP contribution in [0.1, 0.15) is 40.7 Å². The van der Waals surface area contributed by atoms with Gasteiger partial charge in [-0.1, -0.05) is 36.2 Å². The van der Waals surface area contributed by atoms with Crippen LogP contribution in [-0.2, 0) is 10.2 Å². The first-order valence-corrected chi connectivity index (χ1v) is 8.26. The van der Waals surface area contributed by atoms with Gasteiger partial charge < -0.3 is 10.6 Å². The van der Waals surface area contributed by atoms with Crippen molar-refractivity contribution >= 4 is 17.5 Å². The predicted molar refractivity (Wildman–Crippen MR) is 95.2 cm³/mol. The number of aryl methyl sites for hydroxylation is 1. The molecular weight excluding hydrogens is 300 g/mol. The molecule has 0 spiro atoms. The lowest BCUT2D eigenvalue weighted by molar-refractivity contribution is -0.129. The van der Waals surface area contributed by atoms with Crippen LogP contribution in [-0.4, -0.2) is 18.9 Å². The van der Waals surface area contributed by atoms with Gasteiger partial charge in [0.15, 0.2) is 0 Å². The van der Waals surface area contributed by atoms with Crippen LogP contribution in [0.25, 0.3) is 0 Å². The fourth-order valence-electron chi connectivity index (χ4n) is 3.28. The molecule has 24 heavy (non-hydrogen) atoms. The standard InChI is InChI=1S/C20H22N2O2/c1-14-5-3-6-15(13-14)18(23)22-17-9-7-16(8-10-17)20(11-4-12-20)19(24)21-2/h3,5-10,13H,4,11-12H2,1-2H3,(H,21,24)(H,22,23). The van der Waals surface area contributed by atoms with E-state index in [0.717, 1.165) is 36.1 Å². The van der Waals surface area contributed by atoms with E-state index in [1.807, 2.05) is 49.4 Å². The second kappa shape index (κ2) is 6.48. The van der Waals surface area contributed by atoms with Gasteiger partial charge in [0, 0.05) is 18.3 Å². The maximum absolute atomic E-state index is 12.3. The molecule has 1 saturated carbocycles. The first-order valence-electron chi connectivity index (χ1n) is 8.26. The topological polar surface area (TPSA) is 58.2 Å². The third kappa shape index (κ3) is 2.92. The van der Waals surface area contributed by atoms with Gasteiger partial charge in [0.2, 0.25) is 5.91 Å². The molecule has 1 aliphatic carbocycles. The molecule has 0 heterocycles. The van der Waals surface area contributed by atoms with Gasteiger partial charge in [0.05, 0.1) is 5.41 Å². The Morgan fingerprint density at radius 3 is 2.29 bits per heavy atom. The first-order chi connectivity index (χ1) is 11.5. The van der Waals surface area contributed by atoms with E-state index in [1.165, 1.54) is 0 Å². The average Bonchev–Trinajstić information content (AvgIpc) is 2.55. The molecular formula is C20H22N2O2. The highest BCUT2D eigenvalue weighted by atomic mass is 16.2. The summed E-state index contributed by atoms with van der Waals surface area (Å²) in [5.74, 6) is -0.0543. The molecule has 0 radical (unpaired) electrons. The van der Waals surface area contributed by atoms with Gasteiger partial charge in [0.25, 0.3) is 5.91 Å². The van der Waals surface area contributed by atoms with Gasteiger partial charge in [-0.2, -0.15) is 0 Å². The number of carbonyl (C=O) groups excluding carboxylic acids is 2. The smallest absolute Gasteiger partial charge is 0.255 e. The molecule has 1 aliphatic rings. The number of likely N-dealkylation sites (N-methyl/N-ethyl adjacent to an activating group) is 1. The molecule has 4 heteroatoms. The largest absolute Gasteiger partial charge is 0.358 e. The molecule has 2 N–H and O–H groups in total. The maximum atomic E-state index is 12.3. The molecule has 4 nitrogen and oxygen atoms in total. The third-order valence-corrected chi connectivity index (χ3v) is 4.84. The number of benzene rings is 2. The molecule has 0 atom stereocenters. The van der Waals surface area contributed by atoms with Crippen LogP contribution in [0.2, 0.25) is 0 Å². The molecule has 124 valence electrons. The van der Waals surface area contributed by atoms with Crippen molar-refractivity contribution in [3.63, 3.8) is 0 Å². The number of hydrogen-bond acceptors (Lipinski definition) is 2. The lowest BCUT2D eigenvalue weighted by Crippen LogP contribution is -2.48. The monoisotopic (exact) mass is 322 g/mol. The lowest BCUT2D eigenvalue weighted by atomic mass is 9.64. The predicted octanol–water partition coefficient (Wildman–Crippen LogP) is 3.42. The number of rotatable bonds is 4. The lowest BCUT2D eigenvalue weighted by Gasteiger charge is -2.40. The van der Waals surface area contributed by atoms with Crippen molar-refractivity contribution in [2.75, 3.05) is 12.4 Å². The molecule has 0 aliphatic heterocycles. The molecule has 0 unspecified atom stereocenters. The highest BCUT2D eigenvalue weighted by molar-refractivity contribution is 6.04. The maximum Gasteiger partial charge on any atom is 0.255 e. The van der Waals surface area contributed by atoms with Crippen molar-refractivity contribution in [3.05, 3.63) is 65.2 Å². The minimum Gasteiger partial charge on any atom is -0.358 e. The van der Waals surface area contributed by atoms with E-state index in [0.29, 0.717) is 5.56 Å². The van der Waals surface area contributed by atoms with Gasteiger partial charge in [-0.15, -0.1) is 0 Å². The molecule has 3 rings (SSSR count). The summed E-state index contributed by atoms with van der Waals surface area (Å²) in [6.07, 6.45) is 2.82. The van der Waals surface area contributed by atoms with Gasteiger partial charge in [-0.3, -0.25) is 9.59 Å². The molecule has 0 bridgehead atoms. The Balaban J connectivity index is 1.75. The summed E-state index contributed by atoms with van der Waals surface area (Å²) in [6.45, 7) is 1.96. The highest BCUT2D eigenvalue weighted by Crippen LogP contribution is 2.44. The molecule has 2 amide bonds. The normalized spacial score (nSPS) is 15.2. The number of carbonyl (C=O) groups is 2. The zero-order valence-electron chi connectivity index (χ0n) is 14.1. The van der Waals surface area contributed by atoms with Crippen molar-refractivity contribution in [1.82, 2.24) is 5.32 Å². The van der Waals surface area contributed by atoms with Crippen LogP contribution in [0.4, 0.5) is 5.69 Å². The summed E-state index contributed by atoms with van der Waals surface area (Å²) in [7, 11) is 1.68. The van der Waals surface area contributed by atoms with E-state index < -0.39 is 5.41 Å². The van der Waals surface area contributed by atoms with E-state index in [1.54, 1.807) is 13.1 Å². The minimum absolute atomic E-state index is 0.0743. The van der Waals surface area contributed by atoms with Crippen molar-refractivity contribution in [3.8, 4) is 0 Å². The van der Waals surface area contributed by atoms with Crippen molar-refractivity contribution < 1.29 is 9.59 Å². The van der Waals surface area contributed by atoms with Crippen LogP contribution in [0.3, 0.4) is 0 Å². The fraction of sp³-hybridized carbons (Fsp3) is 0.300. The second-order valence-electron chi connectivity index (χ2n) is 6.42. The van der Waals surface area contributed by atoms with Gasteiger partial charge in [0.1, 0.15) is 0 Å². The van der Waals surface area contributed by atoms with Gasteiger partial charge in [-0.05, 0) is 49.6 Å².